The van der Waals surface area contributed by atoms with Gasteiger partial charge >= 0.3 is 0 Å². The minimum absolute atomic E-state index is 0.0364. The van der Waals surface area contributed by atoms with Crippen LogP contribution in [0.25, 0.3) is 27.7 Å². The van der Waals surface area contributed by atoms with Crippen molar-refractivity contribution in [2.75, 3.05) is 38.7 Å². The molecule has 204 valence electrons. The highest BCUT2D eigenvalue weighted by Crippen LogP contribution is 2.32. The summed E-state index contributed by atoms with van der Waals surface area (Å²) in [5.74, 6) is -1.59. The molecule has 14 heteroatoms. The van der Waals surface area contributed by atoms with Gasteiger partial charge in [0, 0.05) is 26.7 Å². The van der Waals surface area contributed by atoms with Crippen LogP contribution in [0.15, 0.2) is 23.1 Å². The van der Waals surface area contributed by atoms with Crippen LogP contribution in [0, 0.1) is 18.6 Å². The molecule has 1 aliphatic rings. The summed E-state index contributed by atoms with van der Waals surface area (Å²) in [6.45, 7) is 2.64. The Morgan fingerprint density at radius 2 is 2.05 bits per heavy atom. The Morgan fingerprint density at radius 1 is 1.26 bits per heavy atom. The van der Waals surface area contributed by atoms with E-state index in [4.69, 9.17) is 4.74 Å². The van der Waals surface area contributed by atoms with Crippen molar-refractivity contribution in [3.05, 3.63) is 46.1 Å². The predicted molar refractivity (Wildman–Crippen MR) is 130 cm³/mol. The van der Waals surface area contributed by atoms with Crippen molar-refractivity contribution in [1.29, 1.82) is 0 Å². The number of likely N-dealkylation sites (tertiary alicyclic amines) is 1. The number of halogens is 5. The van der Waals surface area contributed by atoms with Gasteiger partial charge in [-0.25, -0.2) is 31.5 Å². The molecule has 2 atom stereocenters. The summed E-state index contributed by atoms with van der Waals surface area (Å²) < 4.78 is 78.2. The molecule has 1 fully saturated rings. The molecule has 0 radical (unpaired) electrons. The largest absolute Gasteiger partial charge is 0.383 e. The minimum atomic E-state index is -2.72. The number of fused-ring (bicyclic) bond motifs is 2. The Kier molecular flexibility index (Phi) is 7.09. The molecule has 1 aromatic carbocycles. The SMILES string of the molecule is COCCN1CC[C@H](Nc2nn3cc(F)c(-c4cc(F)c5nc(C)n(CC(F)F)c5c4)c3c(=O)[nH]2)[C@@H](F)C1. The summed E-state index contributed by atoms with van der Waals surface area (Å²) in [5, 5.41) is 7.07. The average Bonchev–Trinajstić information content (AvgIpc) is 3.35. The van der Waals surface area contributed by atoms with Crippen molar-refractivity contribution >= 4 is 22.5 Å². The van der Waals surface area contributed by atoms with Crippen molar-refractivity contribution < 1.29 is 26.7 Å². The number of aromatic amines is 1. The Labute approximate surface area is 213 Å². The van der Waals surface area contributed by atoms with E-state index in [2.05, 4.69) is 20.4 Å². The summed E-state index contributed by atoms with van der Waals surface area (Å²) in [6, 6.07) is 1.69. The quantitative estimate of drug-likeness (QED) is 0.334. The van der Waals surface area contributed by atoms with Gasteiger partial charge < -0.3 is 14.6 Å². The molecule has 9 nitrogen and oxygen atoms in total. The average molecular weight is 540 g/mol. The summed E-state index contributed by atoms with van der Waals surface area (Å²) in [6.07, 6.45) is -2.56. The number of imidazole rings is 1. The van der Waals surface area contributed by atoms with Gasteiger partial charge in [0.2, 0.25) is 5.95 Å². The third kappa shape index (κ3) is 4.85. The highest BCUT2D eigenvalue weighted by molar-refractivity contribution is 5.88. The standard InChI is InChI=1S/C24H26F5N7O2/c1-12-30-21-14(25)7-13(8-18(21)35(12)11-19(28)29)20-16(27)10-36-22(20)23(37)32-24(33-36)31-17-3-4-34(5-6-38-2)9-15(17)26/h7-8,10,15,17,19H,3-6,9,11H2,1-2H3,(H2,31,32,33,37)/t15-,17-/m0/s1. The molecule has 38 heavy (non-hydrogen) atoms. The van der Waals surface area contributed by atoms with E-state index in [1.807, 2.05) is 4.90 Å². The fourth-order valence-corrected chi connectivity index (χ4v) is 4.94. The summed E-state index contributed by atoms with van der Waals surface area (Å²) in [7, 11) is 1.58. The second-order valence-corrected chi connectivity index (χ2v) is 9.28. The number of benzene rings is 1. The van der Waals surface area contributed by atoms with Crippen LogP contribution in [0.3, 0.4) is 0 Å². The molecule has 2 N–H and O–H groups in total. The first-order chi connectivity index (χ1) is 18.2. The highest BCUT2D eigenvalue weighted by Gasteiger charge is 2.30. The Balaban J connectivity index is 1.48. The number of hydrogen-bond acceptors (Lipinski definition) is 6. The van der Waals surface area contributed by atoms with E-state index in [9.17, 15) is 22.4 Å². The number of alkyl halides is 3. The Bertz CT molecular complexity index is 1530. The highest BCUT2D eigenvalue weighted by atomic mass is 19.3. The van der Waals surface area contributed by atoms with Gasteiger partial charge in [-0.2, -0.15) is 0 Å². The number of aryl methyl sites for hydroxylation is 1. The van der Waals surface area contributed by atoms with Gasteiger partial charge in [0.25, 0.3) is 12.0 Å². The Hall–Kier alpha value is -3.52. The van der Waals surface area contributed by atoms with Gasteiger partial charge in [-0.05, 0) is 31.0 Å². The molecule has 0 saturated carbocycles. The maximum absolute atomic E-state index is 15.1. The van der Waals surface area contributed by atoms with Crippen LogP contribution in [0.2, 0.25) is 0 Å². The topological polar surface area (TPSA) is 92.5 Å². The molecule has 0 aliphatic carbocycles. The van der Waals surface area contributed by atoms with Gasteiger partial charge in [-0.3, -0.25) is 14.7 Å². The first-order valence-electron chi connectivity index (χ1n) is 12.0. The Morgan fingerprint density at radius 3 is 2.76 bits per heavy atom. The molecule has 4 aromatic rings. The van der Waals surface area contributed by atoms with E-state index in [0.717, 1.165) is 21.3 Å². The van der Waals surface area contributed by atoms with Gasteiger partial charge in [0.05, 0.1) is 36.5 Å². The molecular formula is C24H26F5N7O2. The second-order valence-electron chi connectivity index (χ2n) is 9.28. The lowest BCUT2D eigenvalue weighted by Gasteiger charge is -2.34. The van der Waals surface area contributed by atoms with Crippen molar-refractivity contribution in [3.8, 4) is 11.1 Å². The zero-order valence-electron chi connectivity index (χ0n) is 20.6. The van der Waals surface area contributed by atoms with E-state index in [-0.39, 0.29) is 46.0 Å². The van der Waals surface area contributed by atoms with E-state index >= 15 is 4.39 Å². The summed E-state index contributed by atoms with van der Waals surface area (Å²) >= 11 is 0. The lowest BCUT2D eigenvalue weighted by Crippen LogP contribution is -2.49. The molecule has 0 bridgehead atoms. The molecule has 3 aromatic heterocycles. The van der Waals surface area contributed by atoms with Crippen LogP contribution in [0.4, 0.5) is 27.9 Å². The molecule has 1 saturated heterocycles. The number of methoxy groups -OCH3 is 1. The van der Waals surface area contributed by atoms with Gasteiger partial charge in [0.1, 0.15) is 23.0 Å². The van der Waals surface area contributed by atoms with E-state index in [0.29, 0.717) is 26.1 Å². The van der Waals surface area contributed by atoms with Gasteiger partial charge in [-0.15, -0.1) is 5.10 Å². The molecule has 4 heterocycles. The van der Waals surface area contributed by atoms with E-state index in [1.165, 1.54) is 13.0 Å². The van der Waals surface area contributed by atoms with Crippen molar-refractivity contribution in [2.24, 2.45) is 0 Å². The first kappa shape index (κ1) is 26.1. The number of H-pyrrole nitrogens is 1. The molecule has 0 spiro atoms. The maximum atomic E-state index is 15.1. The zero-order chi connectivity index (χ0) is 27.1. The van der Waals surface area contributed by atoms with Crippen LogP contribution in [0.5, 0.6) is 0 Å². The number of piperidine rings is 1. The minimum Gasteiger partial charge on any atom is -0.383 e. The number of hydrogen-bond donors (Lipinski definition) is 2. The van der Waals surface area contributed by atoms with Gasteiger partial charge in [0.15, 0.2) is 11.6 Å². The van der Waals surface area contributed by atoms with Crippen LogP contribution < -0.4 is 10.9 Å². The number of nitrogens with zero attached hydrogens (tertiary/aromatic N) is 5. The second kappa shape index (κ2) is 10.3. The van der Waals surface area contributed by atoms with Crippen LogP contribution >= 0.6 is 0 Å². The van der Waals surface area contributed by atoms with Crippen LogP contribution in [-0.2, 0) is 11.3 Å². The first-order valence-corrected chi connectivity index (χ1v) is 12.0. The third-order valence-electron chi connectivity index (χ3n) is 6.76. The molecule has 0 amide bonds. The monoisotopic (exact) mass is 539 g/mol. The number of rotatable bonds is 8. The smallest absolute Gasteiger partial charge is 0.277 e. The van der Waals surface area contributed by atoms with Crippen molar-refractivity contribution in [1.82, 2.24) is 29.0 Å². The van der Waals surface area contributed by atoms with Crippen molar-refractivity contribution in [3.63, 3.8) is 0 Å². The van der Waals surface area contributed by atoms with Crippen LogP contribution in [0.1, 0.15) is 12.2 Å². The molecule has 0 unspecified atom stereocenters. The molecular weight excluding hydrogens is 513 g/mol. The van der Waals surface area contributed by atoms with Crippen LogP contribution in [-0.4, -0.2) is 81.0 Å². The summed E-state index contributed by atoms with van der Waals surface area (Å²) in [4.78, 5) is 21.5. The summed E-state index contributed by atoms with van der Waals surface area (Å²) in [5.41, 5.74) is -1.33. The lowest BCUT2D eigenvalue weighted by atomic mass is 10.0. The van der Waals surface area contributed by atoms with E-state index < -0.39 is 42.4 Å². The molecule has 1 aliphatic heterocycles. The number of anilines is 1. The molecule has 5 rings (SSSR count). The van der Waals surface area contributed by atoms with Gasteiger partial charge in [-0.1, -0.05) is 0 Å². The van der Waals surface area contributed by atoms with E-state index in [1.54, 1.807) is 7.11 Å². The predicted octanol–water partition coefficient (Wildman–Crippen LogP) is 3.36. The fraction of sp³-hybridized carbons (Fsp3) is 0.458. The zero-order valence-corrected chi connectivity index (χ0v) is 20.6. The lowest BCUT2D eigenvalue weighted by molar-refractivity contribution is 0.0918. The number of ether oxygens (including phenoxy) is 1. The third-order valence-corrected chi connectivity index (χ3v) is 6.76. The van der Waals surface area contributed by atoms with Crippen molar-refractivity contribution in [2.45, 2.75) is 38.5 Å². The maximum Gasteiger partial charge on any atom is 0.277 e. The fourth-order valence-electron chi connectivity index (χ4n) is 4.94. The number of aromatic nitrogens is 5. The normalized spacial score (nSPS) is 18.7. The number of nitrogens with one attached hydrogen (secondary N) is 2.